The van der Waals surface area contributed by atoms with Gasteiger partial charge in [-0.3, -0.25) is 9.36 Å². The van der Waals surface area contributed by atoms with Crippen LogP contribution in [0.4, 0.5) is 0 Å². The van der Waals surface area contributed by atoms with Crippen molar-refractivity contribution < 1.29 is 9.53 Å². The molecule has 0 aliphatic carbocycles. The third-order valence-electron chi connectivity index (χ3n) is 4.78. The topological polar surface area (TPSA) is 77.0 Å². The number of ether oxygens (including phenoxy) is 1. The Balaban J connectivity index is 1.40. The quantitative estimate of drug-likeness (QED) is 0.490. The molecular formula is C21H21N3O3S. The standard InChI is InChI=1S/C21H21N3O3S/c25-19(17-10-8-16(9-11-17)15-5-2-1-3-6-15)14-28-21-23-22-20(26)24(21)13-18-7-4-12-27-18/h1-3,5-6,8-11,18H,4,7,12-14H2,(H,22,26)/t18-/m0/s1. The van der Waals surface area contributed by atoms with Crippen molar-refractivity contribution in [3.8, 4) is 11.1 Å². The van der Waals surface area contributed by atoms with E-state index in [4.69, 9.17) is 4.74 Å². The molecule has 1 saturated heterocycles. The maximum absolute atomic E-state index is 12.6. The molecule has 3 aromatic rings. The zero-order valence-corrected chi connectivity index (χ0v) is 16.2. The second kappa shape index (κ2) is 8.58. The normalized spacial score (nSPS) is 16.4. The molecule has 6 nitrogen and oxygen atoms in total. The van der Waals surface area contributed by atoms with Crippen molar-refractivity contribution in [1.29, 1.82) is 0 Å². The highest BCUT2D eigenvalue weighted by Crippen LogP contribution is 2.22. The lowest BCUT2D eigenvalue weighted by Gasteiger charge is -2.10. The zero-order chi connectivity index (χ0) is 19.3. The Morgan fingerprint density at radius 1 is 1.14 bits per heavy atom. The SMILES string of the molecule is O=C(CSc1n[nH]c(=O)n1C[C@@H]1CCCO1)c1ccc(-c2ccccc2)cc1. The van der Waals surface area contributed by atoms with Crippen LogP contribution in [0, 0.1) is 0 Å². The van der Waals surface area contributed by atoms with Gasteiger partial charge in [0.1, 0.15) is 0 Å². The lowest BCUT2D eigenvalue weighted by Crippen LogP contribution is -2.25. The minimum atomic E-state index is -0.266. The molecule has 0 bridgehead atoms. The second-order valence-electron chi connectivity index (χ2n) is 6.71. The number of hydrogen-bond acceptors (Lipinski definition) is 5. The van der Waals surface area contributed by atoms with E-state index in [1.54, 1.807) is 4.57 Å². The number of rotatable bonds is 7. The number of aromatic amines is 1. The van der Waals surface area contributed by atoms with E-state index >= 15 is 0 Å². The Morgan fingerprint density at radius 3 is 2.61 bits per heavy atom. The average Bonchev–Trinajstić information content (AvgIpc) is 3.38. The molecule has 28 heavy (non-hydrogen) atoms. The van der Waals surface area contributed by atoms with Gasteiger partial charge < -0.3 is 4.74 Å². The van der Waals surface area contributed by atoms with Gasteiger partial charge in [-0.05, 0) is 24.0 Å². The largest absolute Gasteiger partial charge is 0.376 e. The van der Waals surface area contributed by atoms with Gasteiger partial charge in [-0.1, -0.05) is 66.4 Å². The summed E-state index contributed by atoms with van der Waals surface area (Å²) in [5, 5.41) is 7.05. The van der Waals surface area contributed by atoms with Crippen LogP contribution >= 0.6 is 11.8 Å². The maximum atomic E-state index is 12.6. The van der Waals surface area contributed by atoms with Gasteiger partial charge in [0.15, 0.2) is 10.9 Å². The van der Waals surface area contributed by atoms with Gasteiger partial charge >= 0.3 is 5.69 Å². The minimum absolute atomic E-state index is 0.00345. The van der Waals surface area contributed by atoms with Gasteiger partial charge in [0, 0.05) is 12.2 Å². The smallest absolute Gasteiger partial charge is 0.344 e. The van der Waals surface area contributed by atoms with E-state index < -0.39 is 0 Å². The van der Waals surface area contributed by atoms with Gasteiger partial charge in [0.05, 0.1) is 18.4 Å². The number of nitrogens with zero attached hydrogens (tertiary/aromatic N) is 2. The Kier molecular flexibility index (Phi) is 5.73. The molecule has 2 heterocycles. The van der Waals surface area contributed by atoms with Crippen molar-refractivity contribution in [2.75, 3.05) is 12.4 Å². The van der Waals surface area contributed by atoms with E-state index in [2.05, 4.69) is 10.2 Å². The molecule has 2 aromatic carbocycles. The molecular weight excluding hydrogens is 374 g/mol. The number of carbonyl (C=O) groups is 1. The first-order valence-electron chi connectivity index (χ1n) is 9.29. The summed E-state index contributed by atoms with van der Waals surface area (Å²) in [6.07, 6.45) is 1.99. The van der Waals surface area contributed by atoms with Crippen LogP contribution in [0.15, 0.2) is 64.5 Å². The molecule has 4 rings (SSSR count). The third kappa shape index (κ3) is 4.26. The number of thioether (sulfide) groups is 1. The molecule has 1 N–H and O–H groups in total. The molecule has 1 aliphatic heterocycles. The number of H-pyrrole nitrogens is 1. The van der Waals surface area contributed by atoms with Crippen molar-refractivity contribution in [2.45, 2.75) is 30.6 Å². The molecule has 0 spiro atoms. The van der Waals surface area contributed by atoms with Crippen molar-refractivity contribution >= 4 is 17.5 Å². The third-order valence-corrected chi connectivity index (χ3v) is 5.76. The lowest BCUT2D eigenvalue weighted by atomic mass is 10.0. The predicted molar refractivity (Wildman–Crippen MR) is 109 cm³/mol. The number of Topliss-reactive ketones (excluding diaryl/α,β-unsaturated/α-hetero) is 1. The van der Waals surface area contributed by atoms with Crippen LogP contribution in [-0.4, -0.2) is 39.0 Å². The molecule has 1 aliphatic rings. The highest BCUT2D eigenvalue weighted by Gasteiger charge is 2.20. The van der Waals surface area contributed by atoms with Crippen LogP contribution in [0.3, 0.4) is 0 Å². The molecule has 1 fully saturated rings. The first-order chi connectivity index (χ1) is 13.7. The lowest BCUT2D eigenvalue weighted by molar-refractivity contribution is 0.0941. The van der Waals surface area contributed by atoms with Crippen LogP contribution in [0.5, 0.6) is 0 Å². The molecule has 0 amide bonds. The fraction of sp³-hybridized carbons (Fsp3) is 0.286. The van der Waals surface area contributed by atoms with Gasteiger partial charge in [0.2, 0.25) is 0 Å². The molecule has 7 heteroatoms. The van der Waals surface area contributed by atoms with E-state index in [9.17, 15) is 9.59 Å². The Morgan fingerprint density at radius 2 is 1.89 bits per heavy atom. The van der Waals surface area contributed by atoms with Crippen LogP contribution in [0.1, 0.15) is 23.2 Å². The minimum Gasteiger partial charge on any atom is -0.376 e. The summed E-state index contributed by atoms with van der Waals surface area (Å²) in [4.78, 5) is 24.6. The summed E-state index contributed by atoms with van der Waals surface area (Å²) in [6.45, 7) is 1.20. The molecule has 1 atom stereocenters. The van der Waals surface area contributed by atoms with E-state index in [0.29, 0.717) is 17.3 Å². The van der Waals surface area contributed by atoms with Crippen LogP contribution in [-0.2, 0) is 11.3 Å². The van der Waals surface area contributed by atoms with Crippen LogP contribution in [0.2, 0.25) is 0 Å². The van der Waals surface area contributed by atoms with Gasteiger partial charge in [-0.2, -0.15) is 0 Å². The van der Waals surface area contributed by atoms with E-state index in [1.165, 1.54) is 11.8 Å². The number of ketones is 1. The monoisotopic (exact) mass is 395 g/mol. The van der Waals surface area contributed by atoms with Crippen molar-refractivity contribution in [3.05, 3.63) is 70.6 Å². The second-order valence-corrected chi connectivity index (χ2v) is 7.65. The highest BCUT2D eigenvalue weighted by atomic mass is 32.2. The summed E-state index contributed by atoms with van der Waals surface area (Å²) in [5.41, 5.74) is 2.57. The summed E-state index contributed by atoms with van der Waals surface area (Å²) in [6, 6.07) is 17.6. The predicted octanol–water partition coefficient (Wildman–Crippen LogP) is 3.39. The van der Waals surface area contributed by atoms with Crippen molar-refractivity contribution in [2.24, 2.45) is 0 Å². The Hall–Kier alpha value is -2.64. The number of aromatic nitrogens is 3. The number of nitrogens with one attached hydrogen (secondary N) is 1. The Bertz CT molecular complexity index is 990. The molecule has 144 valence electrons. The first-order valence-corrected chi connectivity index (χ1v) is 10.3. The number of hydrogen-bond donors (Lipinski definition) is 1. The number of benzene rings is 2. The maximum Gasteiger partial charge on any atom is 0.344 e. The van der Waals surface area contributed by atoms with E-state index in [0.717, 1.165) is 30.6 Å². The number of carbonyl (C=O) groups excluding carboxylic acids is 1. The summed E-state index contributed by atoms with van der Waals surface area (Å²) in [5.74, 6) is 0.226. The fourth-order valence-corrected chi connectivity index (χ4v) is 4.11. The van der Waals surface area contributed by atoms with Gasteiger partial charge in [-0.15, -0.1) is 5.10 Å². The summed E-state index contributed by atoms with van der Waals surface area (Å²) in [7, 11) is 0. The highest BCUT2D eigenvalue weighted by molar-refractivity contribution is 7.99. The first kappa shape index (κ1) is 18.7. The van der Waals surface area contributed by atoms with Crippen LogP contribution in [0.25, 0.3) is 11.1 Å². The Labute approximate surface area is 166 Å². The van der Waals surface area contributed by atoms with Crippen molar-refractivity contribution in [1.82, 2.24) is 14.8 Å². The van der Waals surface area contributed by atoms with Gasteiger partial charge in [0.25, 0.3) is 0 Å². The average molecular weight is 395 g/mol. The molecule has 0 saturated carbocycles. The summed E-state index contributed by atoms with van der Waals surface area (Å²) >= 11 is 1.27. The molecule has 0 radical (unpaired) electrons. The molecule has 0 unspecified atom stereocenters. The summed E-state index contributed by atoms with van der Waals surface area (Å²) < 4.78 is 7.16. The van der Waals surface area contributed by atoms with E-state index in [-0.39, 0.29) is 23.3 Å². The van der Waals surface area contributed by atoms with Crippen LogP contribution < -0.4 is 5.69 Å². The fourth-order valence-electron chi connectivity index (χ4n) is 3.26. The van der Waals surface area contributed by atoms with E-state index in [1.807, 2.05) is 54.6 Å². The van der Waals surface area contributed by atoms with Crippen molar-refractivity contribution in [3.63, 3.8) is 0 Å². The molecule has 1 aromatic heterocycles. The zero-order valence-electron chi connectivity index (χ0n) is 15.3. The van der Waals surface area contributed by atoms with Gasteiger partial charge in [-0.25, -0.2) is 9.89 Å².